The molecule has 1 fully saturated rings. The first kappa shape index (κ1) is 31.9. The zero-order valence-electron chi connectivity index (χ0n) is 24.0. The number of carbonyl (C=O) groups is 2. The largest absolute Gasteiger partial charge is 0.478 e. The molecule has 2 N–H and O–H groups in total. The second kappa shape index (κ2) is 15.3. The van der Waals surface area contributed by atoms with Crippen LogP contribution in [0.15, 0.2) is 84.1 Å². The number of rotatable bonds is 4. The number of carbonyl (C=O) groups excluding carboxylic acids is 1. The van der Waals surface area contributed by atoms with Gasteiger partial charge in [0, 0.05) is 48.1 Å². The van der Waals surface area contributed by atoms with Crippen LogP contribution in [0, 0.1) is 5.41 Å². The minimum atomic E-state index is -0.870. The summed E-state index contributed by atoms with van der Waals surface area (Å²) in [7, 11) is 2.12. The number of aromatic carboxylic acids is 1. The Morgan fingerprint density at radius 2 is 1.59 bits per heavy atom. The van der Waals surface area contributed by atoms with Crippen molar-refractivity contribution in [1.29, 1.82) is 0 Å². The van der Waals surface area contributed by atoms with Crippen molar-refractivity contribution in [2.24, 2.45) is 5.41 Å². The minimum Gasteiger partial charge on any atom is -0.478 e. The molecule has 0 spiro atoms. The van der Waals surface area contributed by atoms with E-state index in [1.54, 1.807) is 36.4 Å². The smallest absolute Gasteiger partial charge is 0.335 e. The molecule has 0 unspecified atom stereocenters. The summed E-state index contributed by atoms with van der Waals surface area (Å²) in [5.41, 5.74) is 4.30. The van der Waals surface area contributed by atoms with Gasteiger partial charge in [0.05, 0.1) is 5.56 Å². The lowest BCUT2D eigenvalue weighted by Gasteiger charge is -2.34. The summed E-state index contributed by atoms with van der Waals surface area (Å²) < 4.78 is 0. The molecule has 2 aliphatic rings. The molecule has 0 radical (unpaired) electrons. The van der Waals surface area contributed by atoms with Crippen LogP contribution < -0.4 is 10.2 Å². The van der Waals surface area contributed by atoms with Crippen LogP contribution in [-0.2, 0) is 0 Å². The van der Waals surface area contributed by atoms with Crippen LogP contribution in [0.25, 0.3) is 0 Å². The normalized spacial score (nSPS) is 15.4. The van der Waals surface area contributed by atoms with Crippen molar-refractivity contribution in [1.82, 2.24) is 10.2 Å². The lowest BCUT2D eigenvalue weighted by Crippen LogP contribution is -2.44. The van der Waals surface area contributed by atoms with Crippen molar-refractivity contribution in [3.63, 3.8) is 0 Å². The predicted octanol–water partition coefficient (Wildman–Crippen LogP) is 7.05. The molecule has 1 aliphatic carbocycles. The molecule has 2 aromatic carbocycles. The van der Waals surface area contributed by atoms with Crippen molar-refractivity contribution in [3.8, 4) is 0 Å². The highest BCUT2D eigenvalue weighted by Gasteiger charge is 2.17. The number of benzene rings is 2. The van der Waals surface area contributed by atoms with Crippen molar-refractivity contribution in [2.75, 3.05) is 38.1 Å². The SMILES string of the molecule is CC.CC(C)(C)C1=CC=CC(NC(=O)c2cccc(Cl)c2)=CC1.CN1CCN(c2ccc(C(=O)O)cc2)CC1. The second-order valence-electron chi connectivity index (χ2n) is 10.3. The molecule has 4 rings (SSSR count). The number of piperazine rings is 1. The highest BCUT2D eigenvalue weighted by atomic mass is 35.5. The van der Waals surface area contributed by atoms with E-state index >= 15 is 0 Å². The lowest BCUT2D eigenvalue weighted by atomic mass is 9.84. The Kier molecular flexibility index (Phi) is 12.5. The van der Waals surface area contributed by atoms with E-state index in [1.807, 2.05) is 44.2 Å². The van der Waals surface area contributed by atoms with Gasteiger partial charge < -0.3 is 20.2 Å². The summed E-state index contributed by atoms with van der Waals surface area (Å²) in [6.45, 7) is 14.7. The van der Waals surface area contributed by atoms with Gasteiger partial charge in [-0.3, -0.25) is 4.79 Å². The summed E-state index contributed by atoms with van der Waals surface area (Å²) in [5, 5.41) is 12.3. The molecular formula is C32H42ClN3O3. The molecule has 0 atom stereocenters. The number of nitrogens with zero attached hydrogens (tertiary/aromatic N) is 2. The number of likely N-dealkylation sites (N-methyl/N-ethyl adjacent to an activating group) is 1. The van der Waals surface area contributed by atoms with E-state index in [0.29, 0.717) is 16.1 Å². The molecular weight excluding hydrogens is 510 g/mol. The summed E-state index contributed by atoms with van der Waals surface area (Å²) in [5.74, 6) is -1.02. The molecule has 39 heavy (non-hydrogen) atoms. The van der Waals surface area contributed by atoms with Gasteiger partial charge in [-0.05, 0) is 67.4 Å². The molecule has 210 valence electrons. The number of amides is 1. The average molecular weight is 552 g/mol. The molecule has 0 saturated carbocycles. The summed E-state index contributed by atoms with van der Waals surface area (Å²) in [4.78, 5) is 27.5. The second-order valence-corrected chi connectivity index (χ2v) is 10.7. The van der Waals surface area contributed by atoms with Gasteiger partial charge in [-0.1, -0.05) is 76.1 Å². The van der Waals surface area contributed by atoms with Gasteiger partial charge in [0.1, 0.15) is 0 Å². The number of nitrogens with one attached hydrogen (secondary N) is 1. The van der Waals surface area contributed by atoms with E-state index < -0.39 is 5.97 Å². The molecule has 1 saturated heterocycles. The topological polar surface area (TPSA) is 72.9 Å². The maximum atomic E-state index is 12.2. The van der Waals surface area contributed by atoms with Crippen LogP contribution in [0.3, 0.4) is 0 Å². The minimum absolute atomic E-state index is 0.132. The van der Waals surface area contributed by atoms with Crippen molar-refractivity contribution in [3.05, 3.63) is 100 Å². The monoisotopic (exact) mass is 551 g/mol. The quantitative estimate of drug-likeness (QED) is 0.426. The molecule has 0 bridgehead atoms. The standard InChI is InChI=1S/C18H20ClNO.C12H16N2O2.C2H6/c1-18(2,3)14-7-5-9-16(11-10-14)20-17(21)13-6-4-8-15(19)12-13;1-13-6-8-14(9-7-13)11-4-2-10(3-5-11)12(15)16;1-2/h4-9,11-12H,10H2,1-3H3,(H,20,21);2-5H,6-9H2,1H3,(H,15,16);1-2H3. The molecule has 1 heterocycles. The molecule has 1 aliphatic heterocycles. The van der Waals surface area contributed by atoms with Gasteiger partial charge in [0.2, 0.25) is 0 Å². The third-order valence-electron chi connectivity index (χ3n) is 6.41. The molecule has 2 aromatic rings. The Hall–Kier alpha value is -3.35. The zero-order chi connectivity index (χ0) is 29.0. The number of anilines is 1. The van der Waals surface area contributed by atoms with Crippen LogP contribution >= 0.6 is 11.6 Å². The fourth-order valence-corrected chi connectivity index (χ4v) is 4.18. The van der Waals surface area contributed by atoms with Crippen LogP contribution in [0.1, 0.15) is 61.8 Å². The molecule has 1 amide bonds. The fraction of sp³-hybridized carbons (Fsp3) is 0.375. The van der Waals surface area contributed by atoms with Gasteiger partial charge in [-0.25, -0.2) is 4.79 Å². The maximum absolute atomic E-state index is 12.2. The van der Waals surface area contributed by atoms with Crippen LogP contribution in [-0.4, -0.2) is 55.1 Å². The van der Waals surface area contributed by atoms with Crippen LogP contribution in [0.2, 0.25) is 5.02 Å². The summed E-state index contributed by atoms with van der Waals surface area (Å²) in [6.07, 6.45) is 8.90. The van der Waals surface area contributed by atoms with Crippen LogP contribution in [0.4, 0.5) is 5.69 Å². The highest BCUT2D eigenvalue weighted by molar-refractivity contribution is 6.31. The fourth-order valence-electron chi connectivity index (χ4n) is 3.99. The van der Waals surface area contributed by atoms with Gasteiger partial charge in [-0.15, -0.1) is 0 Å². The number of hydrogen-bond donors (Lipinski definition) is 2. The Morgan fingerprint density at radius 1 is 0.949 bits per heavy atom. The summed E-state index contributed by atoms with van der Waals surface area (Å²) >= 11 is 5.91. The van der Waals surface area contributed by atoms with E-state index in [0.717, 1.165) is 44.0 Å². The first-order chi connectivity index (χ1) is 18.5. The number of carboxylic acids is 1. The Bertz CT molecular complexity index is 1190. The molecule has 0 aromatic heterocycles. The van der Waals surface area contributed by atoms with E-state index in [4.69, 9.17) is 16.7 Å². The average Bonchev–Trinajstić information content (AvgIpc) is 3.16. The molecule has 7 heteroatoms. The van der Waals surface area contributed by atoms with E-state index in [-0.39, 0.29) is 11.3 Å². The van der Waals surface area contributed by atoms with Gasteiger partial charge in [0.25, 0.3) is 5.91 Å². The van der Waals surface area contributed by atoms with Crippen LogP contribution in [0.5, 0.6) is 0 Å². The first-order valence-corrected chi connectivity index (χ1v) is 13.8. The zero-order valence-corrected chi connectivity index (χ0v) is 24.8. The third-order valence-corrected chi connectivity index (χ3v) is 6.64. The van der Waals surface area contributed by atoms with E-state index in [2.05, 4.69) is 49.0 Å². The third kappa shape index (κ3) is 10.4. The van der Waals surface area contributed by atoms with Gasteiger partial charge in [0.15, 0.2) is 0 Å². The number of carboxylic acid groups (broad SMARTS) is 1. The van der Waals surface area contributed by atoms with Crippen molar-refractivity contribution < 1.29 is 14.7 Å². The Labute approximate surface area is 238 Å². The first-order valence-electron chi connectivity index (χ1n) is 13.4. The van der Waals surface area contributed by atoms with E-state index in [1.165, 1.54) is 5.57 Å². The summed E-state index contributed by atoms with van der Waals surface area (Å²) in [6, 6.07) is 14.0. The van der Waals surface area contributed by atoms with Gasteiger partial charge >= 0.3 is 5.97 Å². The molecule has 6 nitrogen and oxygen atoms in total. The Balaban J connectivity index is 0.000000265. The van der Waals surface area contributed by atoms with Crippen molar-refractivity contribution in [2.45, 2.75) is 41.0 Å². The number of allylic oxidation sites excluding steroid dienone is 5. The van der Waals surface area contributed by atoms with Gasteiger partial charge in [-0.2, -0.15) is 0 Å². The lowest BCUT2D eigenvalue weighted by molar-refractivity contribution is 0.0696. The number of hydrogen-bond acceptors (Lipinski definition) is 4. The maximum Gasteiger partial charge on any atom is 0.335 e. The predicted molar refractivity (Wildman–Crippen MR) is 163 cm³/mol. The van der Waals surface area contributed by atoms with E-state index in [9.17, 15) is 9.59 Å². The Morgan fingerprint density at radius 3 is 2.15 bits per heavy atom. The number of halogens is 1. The highest BCUT2D eigenvalue weighted by Crippen LogP contribution is 2.29. The van der Waals surface area contributed by atoms with Crippen molar-refractivity contribution >= 4 is 29.2 Å².